The lowest BCUT2D eigenvalue weighted by molar-refractivity contribution is -0.176. The van der Waals surface area contributed by atoms with E-state index in [2.05, 4.69) is 21.4 Å². The van der Waals surface area contributed by atoms with E-state index in [0.29, 0.717) is 18.1 Å². The van der Waals surface area contributed by atoms with E-state index in [-0.39, 0.29) is 6.10 Å². The average Bonchev–Trinajstić information content (AvgIpc) is 3.16. The molecule has 1 saturated carbocycles. The summed E-state index contributed by atoms with van der Waals surface area (Å²) in [5.74, 6) is 0.829. The van der Waals surface area contributed by atoms with Gasteiger partial charge in [0.25, 0.3) is 0 Å². The molecule has 2 fully saturated rings. The predicted molar refractivity (Wildman–Crippen MR) is 106 cm³/mol. The molecule has 1 spiro atoms. The fourth-order valence-electron chi connectivity index (χ4n) is 4.79. The van der Waals surface area contributed by atoms with Crippen LogP contribution in [0, 0.1) is 5.41 Å². The van der Waals surface area contributed by atoms with Crippen LogP contribution in [0.25, 0.3) is 10.9 Å². The Hall–Kier alpha value is -2.51. The monoisotopic (exact) mass is 392 g/mol. The number of pyridine rings is 1. The number of ether oxygens (including phenoxy) is 3. The zero-order valence-electron chi connectivity index (χ0n) is 16.5. The molecule has 1 saturated heterocycles. The van der Waals surface area contributed by atoms with Crippen molar-refractivity contribution >= 4 is 10.9 Å². The Bertz CT molecular complexity index is 1070. The van der Waals surface area contributed by atoms with Gasteiger partial charge in [0.05, 0.1) is 44.2 Å². The average molecular weight is 392 g/mol. The van der Waals surface area contributed by atoms with Crippen molar-refractivity contribution in [1.82, 2.24) is 20.0 Å². The molecule has 3 aliphatic rings. The number of aromatic nitrogens is 4. The van der Waals surface area contributed by atoms with Crippen LogP contribution in [0.1, 0.15) is 48.7 Å². The first-order chi connectivity index (χ1) is 14.2. The van der Waals surface area contributed by atoms with Crippen molar-refractivity contribution in [3.63, 3.8) is 0 Å². The molecule has 7 nitrogen and oxygen atoms in total. The Kier molecular flexibility index (Phi) is 3.89. The second kappa shape index (κ2) is 6.50. The van der Waals surface area contributed by atoms with Crippen LogP contribution in [0.5, 0.6) is 5.75 Å². The van der Waals surface area contributed by atoms with Gasteiger partial charge < -0.3 is 14.2 Å². The first-order valence-corrected chi connectivity index (χ1v) is 10.3. The van der Waals surface area contributed by atoms with Gasteiger partial charge in [0.15, 0.2) is 0 Å². The number of rotatable bonds is 4. The van der Waals surface area contributed by atoms with Crippen molar-refractivity contribution in [3.05, 3.63) is 47.4 Å². The third kappa shape index (κ3) is 2.91. The largest absolute Gasteiger partial charge is 0.484 e. The molecule has 0 N–H and O–H groups in total. The fraction of sp³-hybridized carbons (Fsp3) is 0.500. The van der Waals surface area contributed by atoms with Crippen LogP contribution < -0.4 is 4.74 Å². The second-order valence-electron chi connectivity index (χ2n) is 8.68. The summed E-state index contributed by atoms with van der Waals surface area (Å²) >= 11 is 0. The van der Waals surface area contributed by atoms with Crippen LogP contribution in [0.15, 0.2) is 30.6 Å². The van der Waals surface area contributed by atoms with Crippen LogP contribution in [0.4, 0.5) is 0 Å². The predicted octanol–water partition coefficient (Wildman–Crippen LogP) is 3.39. The standard InChI is InChI=1S/C22H24N4O3/c1-14(21-10-26(25-24-21)16-7-22(8-16)12-28-13-22)29-17-2-3-20-19(6-17)18-4-5-27-11-15(18)9-23-20/h2-3,6,9-10,14,16H,4-5,7-8,11-13H2,1H3. The topological polar surface area (TPSA) is 71.3 Å². The number of hydrogen-bond donors (Lipinski definition) is 0. The van der Waals surface area contributed by atoms with Crippen LogP contribution in [-0.2, 0) is 22.5 Å². The molecule has 1 unspecified atom stereocenters. The first-order valence-electron chi connectivity index (χ1n) is 10.3. The summed E-state index contributed by atoms with van der Waals surface area (Å²) in [6.45, 7) is 5.21. The highest BCUT2D eigenvalue weighted by atomic mass is 16.5. The molecule has 4 heterocycles. The maximum atomic E-state index is 6.22. The van der Waals surface area contributed by atoms with Crippen molar-refractivity contribution in [3.8, 4) is 5.75 Å². The summed E-state index contributed by atoms with van der Waals surface area (Å²) in [7, 11) is 0. The minimum atomic E-state index is -0.168. The zero-order valence-corrected chi connectivity index (χ0v) is 16.5. The van der Waals surface area contributed by atoms with Crippen molar-refractivity contribution in [1.29, 1.82) is 0 Å². The van der Waals surface area contributed by atoms with Gasteiger partial charge in [0, 0.05) is 17.0 Å². The van der Waals surface area contributed by atoms with Crippen molar-refractivity contribution < 1.29 is 14.2 Å². The van der Waals surface area contributed by atoms with E-state index in [9.17, 15) is 0 Å². The SMILES string of the molecule is CC(Oc1ccc2ncc3c(c2c1)CCOC3)c1cn(C2CC3(COC3)C2)nn1. The molecule has 29 heavy (non-hydrogen) atoms. The van der Waals surface area contributed by atoms with E-state index < -0.39 is 0 Å². The summed E-state index contributed by atoms with van der Waals surface area (Å²) in [4.78, 5) is 4.56. The Morgan fingerprint density at radius 3 is 2.97 bits per heavy atom. The van der Waals surface area contributed by atoms with Crippen molar-refractivity contribution in [2.24, 2.45) is 5.41 Å². The molecule has 3 aromatic rings. The van der Waals surface area contributed by atoms with Gasteiger partial charge in [-0.1, -0.05) is 5.21 Å². The third-order valence-electron chi connectivity index (χ3n) is 6.58. The van der Waals surface area contributed by atoms with Gasteiger partial charge in [0.1, 0.15) is 17.5 Å². The van der Waals surface area contributed by atoms with Gasteiger partial charge in [-0.25, -0.2) is 4.68 Å². The number of hydrogen-bond acceptors (Lipinski definition) is 6. The van der Waals surface area contributed by atoms with Crippen LogP contribution in [-0.4, -0.2) is 39.8 Å². The summed E-state index contributed by atoms with van der Waals surface area (Å²) < 4.78 is 19.1. The lowest BCUT2D eigenvalue weighted by Crippen LogP contribution is -2.52. The highest BCUT2D eigenvalue weighted by Gasteiger charge is 2.50. The molecule has 1 atom stereocenters. The summed E-state index contributed by atoms with van der Waals surface area (Å²) in [5.41, 5.74) is 4.77. The van der Waals surface area contributed by atoms with Crippen LogP contribution in [0.3, 0.4) is 0 Å². The molecule has 1 aliphatic carbocycles. The maximum absolute atomic E-state index is 6.22. The van der Waals surface area contributed by atoms with Gasteiger partial charge in [-0.3, -0.25) is 4.98 Å². The van der Waals surface area contributed by atoms with Crippen molar-refractivity contribution in [2.45, 2.75) is 44.9 Å². The highest BCUT2D eigenvalue weighted by molar-refractivity contribution is 5.84. The second-order valence-corrected chi connectivity index (χ2v) is 8.68. The molecule has 2 aromatic heterocycles. The summed E-state index contributed by atoms with van der Waals surface area (Å²) in [5, 5.41) is 9.88. The van der Waals surface area contributed by atoms with Gasteiger partial charge in [0.2, 0.25) is 0 Å². The Morgan fingerprint density at radius 1 is 1.24 bits per heavy atom. The molecule has 6 rings (SSSR count). The number of benzene rings is 1. The van der Waals surface area contributed by atoms with Gasteiger partial charge >= 0.3 is 0 Å². The highest BCUT2D eigenvalue weighted by Crippen LogP contribution is 2.52. The van der Waals surface area contributed by atoms with E-state index in [1.165, 1.54) is 11.1 Å². The molecule has 7 heteroatoms. The Balaban J connectivity index is 1.20. The quantitative estimate of drug-likeness (QED) is 0.678. The van der Waals surface area contributed by atoms with Gasteiger partial charge in [-0.2, -0.15) is 0 Å². The minimum absolute atomic E-state index is 0.168. The normalized spacial score (nSPS) is 21.4. The summed E-state index contributed by atoms with van der Waals surface area (Å²) in [6.07, 6.45) is 6.98. The Morgan fingerprint density at radius 2 is 2.14 bits per heavy atom. The van der Waals surface area contributed by atoms with E-state index in [0.717, 1.165) is 61.4 Å². The maximum Gasteiger partial charge on any atom is 0.141 e. The van der Waals surface area contributed by atoms with E-state index >= 15 is 0 Å². The summed E-state index contributed by atoms with van der Waals surface area (Å²) in [6, 6.07) is 6.54. The smallest absolute Gasteiger partial charge is 0.141 e. The molecule has 0 amide bonds. The van der Waals surface area contributed by atoms with Gasteiger partial charge in [-0.15, -0.1) is 5.10 Å². The Labute approximate surface area is 169 Å². The third-order valence-corrected chi connectivity index (χ3v) is 6.58. The molecule has 150 valence electrons. The lowest BCUT2D eigenvalue weighted by atomic mass is 9.64. The minimum Gasteiger partial charge on any atom is -0.484 e. The number of fused-ring (bicyclic) bond motifs is 3. The fourth-order valence-corrected chi connectivity index (χ4v) is 4.79. The van der Waals surface area contributed by atoms with E-state index in [1.54, 1.807) is 0 Å². The molecular weight excluding hydrogens is 368 g/mol. The lowest BCUT2D eigenvalue weighted by Gasteiger charge is -2.52. The molecule has 0 radical (unpaired) electrons. The molecule has 0 bridgehead atoms. The van der Waals surface area contributed by atoms with Crippen LogP contribution >= 0.6 is 0 Å². The number of nitrogens with zero attached hydrogens (tertiary/aromatic N) is 4. The van der Waals surface area contributed by atoms with E-state index in [4.69, 9.17) is 14.2 Å². The first kappa shape index (κ1) is 17.4. The van der Waals surface area contributed by atoms with E-state index in [1.807, 2.05) is 36.1 Å². The van der Waals surface area contributed by atoms with Crippen LogP contribution in [0.2, 0.25) is 0 Å². The molecule has 1 aromatic carbocycles. The van der Waals surface area contributed by atoms with Crippen molar-refractivity contribution in [2.75, 3.05) is 19.8 Å². The molecule has 2 aliphatic heterocycles. The zero-order chi connectivity index (χ0) is 19.4. The molecular formula is C22H24N4O3. The van der Waals surface area contributed by atoms with Gasteiger partial charge in [-0.05, 0) is 55.5 Å².